The Morgan fingerprint density at radius 3 is 1.45 bits per heavy atom. The Kier molecular flexibility index (Phi) is 10.6. The molecular weight excluding hydrogens is 576 g/mol. The molecule has 2 aromatic heterocycles. The maximum absolute atomic E-state index is 12.8. The Balaban J connectivity index is 0.000000247. The molecule has 3 atom stereocenters. The number of halogens is 6. The quantitative estimate of drug-likeness (QED) is 0.164. The number of rotatable bonds is 4. The second-order valence-corrected chi connectivity index (χ2v) is 9.39. The minimum Gasteiger partial charge on any atom is -0.473 e. The predicted molar refractivity (Wildman–Crippen MR) is 139 cm³/mol. The first-order chi connectivity index (χ1) is 19.2. The smallest absolute Gasteiger partial charge is 0.416 e. The maximum atomic E-state index is 12.8. The van der Waals surface area contributed by atoms with Crippen molar-refractivity contribution in [3.8, 4) is 0 Å². The molecule has 4 N–H and O–H groups in total. The SMILES string of the molecule is CC(=O)C(C)c1cc(C(F)(F)F)cc2ccoc12.CC(N)C(C)c1cc(C(F)(F)F)cc2ccoc12.O=C(O)C(=O)O. The lowest BCUT2D eigenvalue weighted by molar-refractivity contribution is -0.159. The summed E-state index contributed by atoms with van der Waals surface area (Å²) < 4.78 is 87.1. The number of nitrogens with two attached hydrogens (primary N) is 1. The number of Topliss-reactive ketones (excluding diaryl/α,β-unsaturated/α-hetero) is 1. The summed E-state index contributed by atoms with van der Waals surface area (Å²) in [7, 11) is 0. The van der Waals surface area contributed by atoms with E-state index in [1.165, 1.54) is 31.6 Å². The molecule has 42 heavy (non-hydrogen) atoms. The summed E-state index contributed by atoms with van der Waals surface area (Å²) >= 11 is 0. The highest BCUT2D eigenvalue weighted by Crippen LogP contribution is 2.37. The van der Waals surface area contributed by atoms with Gasteiger partial charge in [-0.2, -0.15) is 26.3 Å². The normalized spacial score (nSPS) is 13.8. The average molecular weight is 604 g/mol. The second-order valence-electron chi connectivity index (χ2n) is 9.39. The molecule has 0 radical (unpaired) electrons. The maximum Gasteiger partial charge on any atom is 0.416 e. The number of ketones is 1. The first kappa shape index (κ1) is 33.9. The zero-order chi connectivity index (χ0) is 32.2. The number of aliphatic carboxylic acids is 2. The second kappa shape index (κ2) is 13.1. The summed E-state index contributed by atoms with van der Waals surface area (Å²) in [5.41, 5.74) is 5.93. The van der Waals surface area contributed by atoms with E-state index in [4.69, 9.17) is 34.4 Å². The van der Waals surface area contributed by atoms with E-state index in [-0.39, 0.29) is 23.3 Å². The van der Waals surface area contributed by atoms with Crippen LogP contribution in [0.15, 0.2) is 57.8 Å². The highest BCUT2D eigenvalue weighted by Gasteiger charge is 2.33. The molecule has 2 aromatic carbocycles. The molecule has 4 rings (SSSR count). The van der Waals surface area contributed by atoms with Crippen molar-refractivity contribution in [3.63, 3.8) is 0 Å². The largest absolute Gasteiger partial charge is 0.473 e. The lowest BCUT2D eigenvalue weighted by Crippen LogP contribution is -2.23. The summed E-state index contributed by atoms with van der Waals surface area (Å²) in [5.74, 6) is -4.68. The number of furan rings is 2. The first-order valence-corrected chi connectivity index (χ1v) is 12.1. The molecule has 2 heterocycles. The van der Waals surface area contributed by atoms with Crippen molar-refractivity contribution in [2.75, 3.05) is 0 Å². The molecule has 0 amide bonds. The van der Waals surface area contributed by atoms with Gasteiger partial charge < -0.3 is 24.8 Å². The molecule has 0 fully saturated rings. The zero-order valence-corrected chi connectivity index (χ0v) is 22.6. The van der Waals surface area contributed by atoms with Gasteiger partial charge in [0.1, 0.15) is 16.9 Å². The monoisotopic (exact) mass is 603 g/mol. The third kappa shape index (κ3) is 8.35. The summed E-state index contributed by atoms with van der Waals surface area (Å²) in [6.07, 6.45) is -6.09. The van der Waals surface area contributed by atoms with Crippen molar-refractivity contribution in [1.29, 1.82) is 0 Å². The molecule has 0 aliphatic carbocycles. The van der Waals surface area contributed by atoms with Crippen LogP contribution in [0.5, 0.6) is 0 Å². The minimum absolute atomic E-state index is 0.202. The number of carbonyl (C=O) groups excluding carboxylic acids is 1. The van der Waals surface area contributed by atoms with Crippen LogP contribution in [0, 0.1) is 0 Å². The fraction of sp³-hybridized carbons (Fsp3) is 0.321. The zero-order valence-electron chi connectivity index (χ0n) is 22.6. The first-order valence-electron chi connectivity index (χ1n) is 12.1. The van der Waals surface area contributed by atoms with Gasteiger partial charge in [-0.05, 0) is 56.2 Å². The molecule has 0 saturated heterocycles. The predicted octanol–water partition coefficient (Wildman–Crippen LogP) is 7.20. The Labute approximate surface area is 234 Å². The molecule has 0 bridgehead atoms. The number of carboxylic acid groups (broad SMARTS) is 2. The fourth-order valence-corrected chi connectivity index (χ4v) is 3.71. The molecule has 0 saturated carbocycles. The van der Waals surface area contributed by atoms with Crippen LogP contribution in [0.1, 0.15) is 61.8 Å². The molecule has 228 valence electrons. The third-order valence-electron chi connectivity index (χ3n) is 6.35. The van der Waals surface area contributed by atoms with Crippen LogP contribution < -0.4 is 5.73 Å². The van der Waals surface area contributed by atoms with E-state index in [2.05, 4.69) is 0 Å². The van der Waals surface area contributed by atoms with Crippen molar-refractivity contribution >= 4 is 39.7 Å². The van der Waals surface area contributed by atoms with Crippen LogP contribution in [0.3, 0.4) is 0 Å². The van der Waals surface area contributed by atoms with Gasteiger partial charge in [0.15, 0.2) is 0 Å². The van der Waals surface area contributed by atoms with E-state index < -0.39 is 41.3 Å². The van der Waals surface area contributed by atoms with Crippen molar-refractivity contribution in [1.82, 2.24) is 0 Å². The number of carboxylic acids is 2. The van der Waals surface area contributed by atoms with Crippen LogP contribution in [-0.4, -0.2) is 34.0 Å². The Morgan fingerprint density at radius 2 is 1.12 bits per heavy atom. The van der Waals surface area contributed by atoms with Gasteiger partial charge in [0, 0.05) is 33.9 Å². The Hall–Kier alpha value is -4.33. The molecule has 0 aliphatic heterocycles. The van der Waals surface area contributed by atoms with Gasteiger partial charge >= 0.3 is 24.3 Å². The van der Waals surface area contributed by atoms with Crippen molar-refractivity contribution < 1.29 is 59.8 Å². The van der Waals surface area contributed by atoms with Crippen LogP contribution in [0.2, 0.25) is 0 Å². The van der Waals surface area contributed by atoms with Gasteiger partial charge in [0.05, 0.1) is 23.7 Å². The molecule has 4 aromatic rings. The van der Waals surface area contributed by atoms with Gasteiger partial charge in [0.2, 0.25) is 0 Å². The van der Waals surface area contributed by atoms with Gasteiger partial charge in [-0.1, -0.05) is 13.8 Å². The van der Waals surface area contributed by atoms with Crippen LogP contribution in [0.4, 0.5) is 26.3 Å². The summed E-state index contributed by atoms with van der Waals surface area (Å²) in [6, 6.07) is 6.97. The molecule has 0 spiro atoms. The number of benzene rings is 2. The number of hydrogen-bond acceptors (Lipinski definition) is 6. The van der Waals surface area contributed by atoms with Crippen LogP contribution >= 0.6 is 0 Å². The van der Waals surface area contributed by atoms with E-state index in [1.807, 2.05) is 0 Å². The fourth-order valence-electron chi connectivity index (χ4n) is 3.71. The van der Waals surface area contributed by atoms with Gasteiger partial charge in [-0.25, -0.2) is 9.59 Å². The van der Waals surface area contributed by atoms with Crippen molar-refractivity contribution in [2.45, 2.75) is 57.9 Å². The number of carbonyl (C=O) groups is 3. The number of fused-ring (bicyclic) bond motifs is 2. The van der Waals surface area contributed by atoms with E-state index >= 15 is 0 Å². The molecular formula is C28H27F6NO7. The van der Waals surface area contributed by atoms with E-state index in [1.54, 1.807) is 20.8 Å². The lowest BCUT2D eigenvalue weighted by atomic mass is 9.92. The highest BCUT2D eigenvalue weighted by atomic mass is 19.4. The van der Waals surface area contributed by atoms with Crippen LogP contribution in [0.25, 0.3) is 21.9 Å². The summed E-state index contributed by atoms with van der Waals surface area (Å²) in [4.78, 5) is 29.5. The summed E-state index contributed by atoms with van der Waals surface area (Å²) in [6.45, 7) is 6.47. The molecule has 14 heteroatoms. The van der Waals surface area contributed by atoms with Gasteiger partial charge in [0.25, 0.3) is 0 Å². The van der Waals surface area contributed by atoms with E-state index in [0.29, 0.717) is 27.5 Å². The van der Waals surface area contributed by atoms with Crippen LogP contribution in [-0.2, 0) is 26.7 Å². The molecule has 8 nitrogen and oxygen atoms in total. The minimum atomic E-state index is -4.43. The van der Waals surface area contributed by atoms with E-state index in [0.717, 1.165) is 24.3 Å². The van der Waals surface area contributed by atoms with Crippen molar-refractivity contribution in [3.05, 3.63) is 71.2 Å². The molecule has 0 aliphatic rings. The third-order valence-corrected chi connectivity index (χ3v) is 6.35. The topological polar surface area (TPSA) is 144 Å². The standard InChI is InChI=1S/C13H14F3NO.C13H11F3O2.C2H2O4/c2*1-7(8(2)17)11-6-10(13(14,15)16)5-9-3-4-18-12(9)11;3-1(4)2(5)6/h3-8H,17H2,1-2H3;3-7H,1-2H3;(H,3,4)(H,5,6). The Morgan fingerprint density at radius 1 is 0.738 bits per heavy atom. The summed E-state index contributed by atoms with van der Waals surface area (Å²) in [5, 5.41) is 15.6. The molecule has 3 unspecified atom stereocenters. The number of alkyl halides is 6. The highest BCUT2D eigenvalue weighted by molar-refractivity contribution is 6.27. The van der Waals surface area contributed by atoms with Crippen molar-refractivity contribution in [2.24, 2.45) is 5.73 Å². The average Bonchev–Trinajstić information content (AvgIpc) is 3.55. The Bertz CT molecular complexity index is 1550. The van der Waals surface area contributed by atoms with Gasteiger partial charge in [-0.3, -0.25) is 4.79 Å². The van der Waals surface area contributed by atoms with E-state index in [9.17, 15) is 31.1 Å². The lowest BCUT2D eigenvalue weighted by Gasteiger charge is -2.18. The number of hydrogen-bond donors (Lipinski definition) is 3. The van der Waals surface area contributed by atoms with Gasteiger partial charge in [-0.15, -0.1) is 0 Å².